The van der Waals surface area contributed by atoms with Crippen LogP contribution in [0.1, 0.15) is 35.2 Å². The van der Waals surface area contributed by atoms with E-state index in [-0.39, 0.29) is 5.91 Å². The third-order valence-electron chi connectivity index (χ3n) is 4.51. The molecular formula is C16H21BrN2O. The Bertz CT molecular complexity index is 517. The Morgan fingerprint density at radius 1 is 1.25 bits per heavy atom. The van der Waals surface area contributed by atoms with Gasteiger partial charge in [-0.2, -0.15) is 0 Å². The van der Waals surface area contributed by atoms with Crippen molar-refractivity contribution in [1.29, 1.82) is 0 Å². The average molecular weight is 337 g/mol. The molecule has 0 aromatic heterocycles. The van der Waals surface area contributed by atoms with Gasteiger partial charge in [0.1, 0.15) is 0 Å². The van der Waals surface area contributed by atoms with Crippen LogP contribution in [0.15, 0.2) is 22.7 Å². The van der Waals surface area contributed by atoms with Gasteiger partial charge in [0.15, 0.2) is 0 Å². The lowest BCUT2D eigenvalue weighted by atomic mass is 10.1. The lowest BCUT2D eigenvalue weighted by Gasteiger charge is -2.26. The smallest absolute Gasteiger partial charge is 0.255 e. The number of hydrogen-bond donors (Lipinski definition) is 0. The van der Waals surface area contributed by atoms with E-state index in [1.165, 1.54) is 19.4 Å². The van der Waals surface area contributed by atoms with E-state index in [1.807, 2.05) is 25.1 Å². The summed E-state index contributed by atoms with van der Waals surface area (Å²) in [7, 11) is 0. The first kappa shape index (κ1) is 14.1. The molecule has 3 rings (SSSR count). The van der Waals surface area contributed by atoms with Crippen LogP contribution >= 0.6 is 15.9 Å². The van der Waals surface area contributed by atoms with E-state index in [0.29, 0.717) is 6.04 Å². The van der Waals surface area contributed by atoms with E-state index in [1.54, 1.807) is 0 Å². The van der Waals surface area contributed by atoms with Crippen LogP contribution in [-0.4, -0.2) is 47.9 Å². The van der Waals surface area contributed by atoms with Gasteiger partial charge in [0, 0.05) is 30.1 Å². The van der Waals surface area contributed by atoms with Crippen molar-refractivity contribution >= 4 is 21.8 Å². The van der Waals surface area contributed by atoms with Gasteiger partial charge in [0.05, 0.1) is 5.56 Å². The molecule has 2 saturated heterocycles. The summed E-state index contributed by atoms with van der Waals surface area (Å²) in [6, 6.07) is 6.50. The second kappa shape index (κ2) is 5.86. The second-order valence-electron chi connectivity index (χ2n) is 5.87. The maximum atomic E-state index is 12.8. The number of aryl methyl sites for hydroxylation is 1. The first-order chi connectivity index (χ1) is 9.66. The van der Waals surface area contributed by atoms with E-state index < -0.39 is 0 Å². The van der Waals surface area contributed by atoms with Crippen molar-refractivity contribution < 1.29 is 4.79 Å². The molecule has 0 spiro atoms. The van der Waals surface area contributed by atoms with Crippen LogP contribution in [0.25, 0.3) is 0 Å². The molecule has 3 nitrogen and oxygen atoms in total. The molecule has 1 amide bonds. The van der Waals surface area contributed by atoms with E-state index in [0.717, 1.165) is 41.7 Å². The van der Waals surface area contributed by atoms with Crippen molar-refractivity contribution in [2.45, 2.75) is 32.2 Å². The third kappa shape index (κ3) is 2.63. The Morgan fingerprint density at radius 3 is 2.90 bits per heavy atom. The van der Waals surface area contributed by atoms with Crippen LogP contribution in [0.2, 0.25) is 0 Å². The Morgan fingerprint density at radius 2 is 2.05 bits per heavy atom. The molecule has 1 aromatic carbocycles. The zero-order valence-electron chi connectivity index (χ0n) is 11.9. The number of nitrogens with zero attached hydrogens (tertiary/aromatic N) is 2. The molecule has 2 aliphatic rings. The highest BCUT2D eigenvalue weighted by Gasteiger charge is 2.31. The van der Waals surface area contributed by atoms with E-state index in [9.17, 15) is 4.79 Å². The molecule has 1 unspecified atom stereocenters. The summed E-state index contributed by atoms with van der Waals surface area (Å²) in [5.41, 5.74) is 1.92. The Kier molecular flexibility index (Phi) is 4.13. The number of carbonyl (C=O) groups excluding carboxylic acids is 1. The number of halogens is 1. The van der Waals surface area contributed by atoms with Gasteiger partial charge in [-0.25, -0.2) is 0 Å². The summed E-state index contributed by atoms with van der Waals surface area (Å²) in [5.74, 6) is 0.175. The van der Waals surface area contributed by atoms with Gasteiger partial charge >= 0.3 is 0 Å². The van der Waals surface area contributed by atoms with Gasteiger partial charge < -0.3 is 4.90 Å². The van der Waals surface area contributed by atoms with Gasteiger partial charge in [-0.05, 0) is 60.3 Å². The van der Waals surface area contributed by atoms with Gasteiger partial charge in [0.2, 0.25) is 0 Å². The molecular weight excluding hydrogens is 316 g/mol. The van der Waals surface area contributed by atoms with Gasteiger partial charge in [-0.3, -0.25) is 9.69 Å². The fourth-order valence-corrected chi connectivity index (χ4v) is 3.81. The summed E-state index contributed by atoms with van der Waals surface area (Å²) in [4.78, 5) is 17.4. The summed E-state index contributed by atoms with van der Waals surface area (Å²) in [5, 5.41) is 0. The second-order valence-corrected chi connectivity index (χ2v) is 6.67. The van der Waals surface area contributed by atoms with Crippen LogP contribution in [0.3, 0.4) is 0 Å². The maximum absolute atomic E-state index is 12.8. The highest BCUT2D eigenvalue weighted by molar-refractivity contribution is 9.10. The predicted octanol–water partition coefficient (Wildman–Crippen LogP) is 3.07. The normalized spacial score (nSPS) is 23.5. The van der Waals surface area contributed by atoms with Crippen molar-refractivity contribution in [2.75, 3.05) is 26.2 Å². The molecule has 1 atom stereocenters. The molecule has 108 valence electrons. The minimum atomic E-state index is 0.175. The lowest BCUT2D eigenvalue weighted by Crippen LogP contribution is -2.39. The van der Waals surface area contributed by atoms with E-state index >= 15 is 0 Å². The molecule has 0 bridgehead atoms. The Labute approximate surface area is 129 Å². The summed E-state index contributed by atoms with van der Waals surface area (Å²) >= 11 is 3.57. The van der Waals surface area contributed by atoms with Crippen molar-refractivity contribution in [2.24, 2.45) is 0 Å². The molecule has 0 N–H and O–H groups in total. The van der Waals surface area contributed by atoms with Crippen molar-refractivity contribution in [3.63, 3.8) is 0 Å². The molecule has 4 heteroatoms. The van der Waals surface area contributed by atoms with Gasteiger partial charge in [0.25, 0.3) is 5.91 Å². The SMILES string of the molecule is Cc1cccc(C(=O)N2CCCN3CCCC3C2)c1Br. The Hall–Kier alpha value is -0.870. The highest BCUT2D eigenvalue weighted by atomic mass is 79.9. The fraction of sp³-hybridized carbons (Fsp3) is 0.562. The van der Waals surface area contributed by atoms with Gasteiger partial charge in [-0.1, -0.05) is 12.1 Å². The molecule has 2 aliphatic heterocycles. The number of hydrogen-bond acceptors (Lipinski definition) is 2. The zero-order chi connectivity index (χ0) is 14.1. The van der Waals surface area contributed by atoms with E-state index in [4.69, 9.17) is 0 Å². The highest BCUT2D eigenvalue weighted by Crippen LogP contribution is 2.25. The molecule has 0 aliphatic carbocycles. The average Bonchev–Trinajstić information content (AvgIpc) is 2.78. The van der Waals surface area contributed by atoms with Crippen LogP contribution in [0, 0.1) is 6.92 Å². The molecule has 20 heavy (non-hydrogen) atoms. The monoisotopic (exact) mass is 336 g/mol. The van der Waals surface area contributed by atoms with E-state index in [2.05, 4.69) is 25.7 Å². The molecule has 2 heterocycles. The number of benzene rings is 1. The molecule has 0 saturated carbocycles. The Balaban J connectivity index is 1.81. The number of amides is 1. The minimum Gasteiger partial charge on any atom is -0.337 e. The largest absolute Gasteiger partial charge is 0.337 e. The topological polar surface area (TPSA) is 23.6 Å². The van der Waals surface area contributed by atoms with Crippen LogP contribution in [-0.2, 0) is 0 Å². The molecule has 2 fully saturated rings. The first-order valence-electron chi connectivity index (χ1n) is 7.45. The quantitative estimate of drug-likeness (QED) is 0.786. The standard InChI is InChI=1S/C16H21BrN2O/c1-12-5-2-7-14(15(12)17)16(20)19-10-4-9-18-8-3-6-13(18)11-19/h2,5,7,13H,3-4,6,8-11H2,1H3. The van der Waals surface area contributed by atoms with Gasteiger partial charge in [-0.15, -0.1) is 0 Å². The molecule has 0 radical (unpaired) electrons. The first-order valence-corrected chi connectivity index (χ1v) is 8.24. The zero-order valence-corrected chi connectivity index (χ0v) is 13.5. The van der Waals surface area contributed by atoms with Crippen LogP contribution in [0.4, 0.5) is 0 Å². The number of rotatable bonds is 1. The summed E-state index contributed by atoms with van der Waals surface area (Å²) in [6.07, 6.45) is 3.60. The summed E-state index contributed by atoms with van der Waals surface area (Å²) in [6.45, 7) is 6.15. The fourth-order valence-electron chi connectivity index (χ4n) is 3.37. The number of carbonyl (C=O) groups is 1. The van der Waals surface area contributed by atoms with Crippen molar-refractivity contribution in [3.8, 4) is 0 Å². The summed E-state index contributed by atoms with van der Waals surface area (Å²) < 4.78 is 0.942. The minimum absolute atomic E-state index is 0.175. The van der Waals surface area contributed by atoms with Crippen molar-refractivity contribution in [1.82, 2.24) is 9.80 Å². The van der Waals surface area contributed by atoms with Crippen LogP contribution in [0.5, 0.6) is 0 Å². The molecule has 1 aromatic rings. The predicted molar refractivity (Wildman–Crippen MR) is 84.0 cm³/mol. The lowest BCUT2D eigenvalue weighted by molar-refractivity contribution is 0.0742. The maximum Gasteiger partial charge on any atom is 0.255 e. The van der Waals surface area contributed by atoms with Crippen LogP contribution < -0.4 is 0 Å². The number of fused-ring (bicyclic) bond motifs is 1. The van der Waals surface area contributed by atoms with Crippen molar-refractivity contribution in [3.05, 3.63) is 33.8 Å². The third-order valence-corrected chi connectivity index (χ3v) is 5.57.